The van der Waals surface area contributed by atoms with Gasteiger partial charge in [-0.2, -0.15) is 13.5 Å². The first kappa shape index (κ1) is 45.1. The normalized spacial score (nSPS) is 13.6. The number of aromatic hydroxyl groups is 2. The third-order valence-corrected chi connectivity index (χ3v) is 13.2. The highest BCUT2D eigenvalue weighted by Gasteiger charge is 2.35. The molecule has 0 radical (unpaired) electrons. The third-order valence-electron chi connectivity index (χ3n) is 10.5. The van der Waals surface area contributed by atoms with Gasteiger partial charge < -0.3 is 20.3 Å². The highest BCUT2D eigenvalue weighted by molar-refractivity contribution is 7.59. The van der Waals surface area contributed by atoms with Gasteiger partial charge in [0, 0.05) is 53.7 Å². The molecule has 1 aliphatic heterocycles. The molecular formula is C47H48ClN5O5S3. The molecule has 1 amide bonds. The molecule has 0 saturated heterocycles. The van der Waals surface area contributed by atoms with Gasteiger partial charge in [-0.25, -0.2) is 0 Å². The van der Waals surface area contributed by atoms with Crippen LogP contribution in [0, 0.1) is 24.7 Å². The van der Waals surface area contributed by atoms with E-state index < -0.39 is 6.04 Å². The molecule has 1 aliphatic rings. The van der Waals surface area contributed by atoms with Crippen LogP contribution >= 0.6 is 47.8 Å². The summed E-state index contributed by atoms with van der Waals surface area (Å²) in [7, 11) is 0. The number of benzene rings is 4. The number of anilines is 1. The summed E-state index contributed by atoms with van der Waals surface area (Å²) in [4.78, 5) is 35.6. The zero-order valence-electron chi connectivity index (χ0n) is 34.1. The van der Waals surface area contributed by atoms with Gasteiger partial charge in [0.25, 0.3) is 0 Å². The molecule has 0 aliphatic carbocycles. The maximum Gasteiger partial charge on any atom is 0.222 e. The van der Waals surface area contributed by atoms with Gasteiger partial charge in [0.2, 0.25) is 5.91 Å². The van der Waals surface area contributed by atoms with Gasteiger partial charge in [0.05, 0.1) is 18.7 Å². The molecule has 14 heteroatoms. The third kappa shape index (κ3) is 10.2. The van der Waals surface area contributed by atoms with E-state index in [1.807, 2.05) is 50.2 Å². The number of aryl methyl sites for hydroxylation is 1. The minimum absolute atomic E-state index is 0. The largest absolute Gasteiger partial charge is 0.508 e. The fraction of sp³-hybridized carbons (Fsp3) is 0.255. The van der Waals surface area contributed by atoms with Crippen LogP contribution in [0.25, 0.3) is 20.5 Å². The molecular weight excluding hydrogens is 846 g/mol. The Bertz CT molecular complexity index is 2600. The van der Waals surface area contributed by atoms with E-state index in [-0.39, 0.29) is 54.8 Å². The van der Waals surface area contributed by atoms with E-state index >= 15 is 0 Å². The standard InChI is InChI=1S/C47H46ClN5O5S2.H2S/c1-27-28(2)59-47-41(27)43(30-9-15-33(48)16-10-30)52-38(46(50)53(47)29(3)49)26-40(56)51-23-7-5-4-6-8-24-58-36-20-13-31(14-21-36)44(57)42-37-22-19-35(55)25-39(37)60-45(42)32-11-17-34(54)18-12-32;/h9-22,25,38,49-50,54-55H,4-8,23-24,26H2,1-3H3,(H,51,56);1H2. The Hall–Kier alpha value is -5.47. The minimum atomic E-state index is -0.770. The number of thiophene rings is 2. The van der Waals surface area contributed by atoms with Crippen molar-refractivity contribution in [2.45, 2.75) is 65.3 Å². The van der Waals surface area contributed by atoms with E-state index in [9.17, 15) is 19.8 Å². The molecule has 0 spiro atoms. The van der Waals surface area contributed by atoms with Crippen LogP contribution in [0.1, 0.15) is 82.9 Å². The number of carbonyl (C=O) groups excluding carboxylic acids is 2. The lowest BCUT2D eigenvalue weighted by Crippen LogP contribution is -2.42. The Morgan fingerprint density at radius 3 is 2.23 bits per heavy atom. The SMILES string of the molecule is CC(=N)N1C(=N)C(CC(=O)NCCCCCCCOc2ccc(C(=O)c3c(-c4ccc(O)cc4)sc4cc(O)ccc34)cc2)N=C(c2ccc(Cl)cc2)c2c1sc(C)c2C.S. The average molecular weight is 895 g/mol. The van der Waals surface area contributed by atoms with E-state index in [0.29, 0.717) is 40.8 Å². The summed E-state index contributed by atoms with van der Waals surface area (Å²) in [6.45, 7) is 6.77. The summed E-state index contributed by atoms with van der Waals surface area (Å²) < 4.78 is 6.79. The average Bonchev–Trinajstić information content (AvgIpc) is 3.70. The fourth-order valence-electron chi connectivity index (χ4n) is 7.28. The number of amidine groups is 2. The Morgan fingerprint density at radius 2 is 1.52 bits per heavy atom. The molecule has 0 fully saturated rings. The van der Waals surface area contributed by atoms with Crippen molar-refractivity contribution in [1.82, 2.24) is 5.32 Å². The smallest absolute Gasteiger partial charge is 0.222 e. The molecule has 0 saturated carbocycles. The van der Waals surface area contributed by atoms with E-state index in [0.717, 1.165) is 79.2 Å². The highest BCUT2D eigenvalue weighted by atomic mass is 35.5. The number of halogens is 1. The number of ether oxygens (including phenoxy) is 1. The Labute approximate surface area is 375 Å². The lowest BCUT2D eigenvalue weighted by Gasteiger charge is -2.24. The number of hydrogen-bond donors (Lipinski definition) is 5. The Morgan fingerprint density at radius 1 is 0.869 bits per heavy atom. The van der Waals surface area contributed by atoms with E-state index in [1.165, 1.54) is 22.7 Å². The molecule has 61 heavy (non-hydrogen) atoms. The van der Waals surface area contributed by atoms with Gasteiger partial charge in [-0.05, 0) is 124 Å². The van der Waals surface area contributed by atoms with Gasteiger partial charge in [0.1, 0.15) is 40.0 Å². The van der Waals surface area contributed by atoms with Crippen LogP contribution in [0.15, 0.2) is 96.0 Å². The number of rotatable bonds is 15. The van der Waals surface area contributed by atoms with Crippen LogP contribution in [0.5, 0.6) is 17.2 Å². The molecule has 10 nitrogen and oxygen atoms in total. The first-order chi connectivity index (χ1) is 28.9. The molecule has 3 heterocycles. The van der Waals surface area contributed by atoms with Crippen molar-refractivity contribution in [2.24, 2.45) is 4.99 Å². The maximum atomic E-state index is 13.9. The second-order valence-electron chi connectivity index (χ2n) is 14.8. The molecule has 1 atom stereocenters. The topological polar surface area (TPSA) is 159 Å². The zero-order chi connectivity index (χ0) is 42.5. The number of hydrogen-bond acceptors (Lipinski definition) is 10. The van der Waals surface area contributed by atoms with Crippen molar-refractivity contribution in [3.63, 3.8) is 0 Å². The predicted molar refractivity (Wildman–Crippen MR) is 255 cm³/mol. The molecule has 5 N–H and O–H groups in total. The van der Waals surface area contributed by atoms with Gasteiger partial charge in [-0.15, -0.1) is 22.7 Å². The van der Waals surface area contributed by atoms with Crippen LogP contribution < -0.4 is 15.0 Å². The molecule has 7 rings (SSSR count). The Balaban J connectivity index is 0.00000622. The summed E-state index contributed by atoms with van der Waals surface area (Å²) in [5.74, 6) is 0.934. The van der Waals surface area contributed by atoms with Crippen molar-refractivity contribution >= 4 is 91.9 Å². The molecule has 0 bridgehead atoms. The molecule has 4 aromatic carbocycles. The van der Waals surface area contributed by atoms with E-state index in [1.54, 1.807) is 66.4 Å². The number of carbonyl (C=O) groups is 2. The number of amides is 1. The quantitative estimate of drug-likeness (QED) is 0.0299. The summed E-state index contributed by atoms with van der Waals surface area (Å²) in [6.07, 6.45) is 4.57. The number of nitrogens with zero attached hydrogens (tertiary/aromatic N) is 2. The maximum absolute atomic E-state index is 13.9. The highest BCUT2D eigenvalue weighted by Crippen LogP contribution is 2.42. The fourth-order valence-corrected chi connectivity index (χ4v) is 9.87. The van der Waals surface area contributed by atoms with Gasteiger partial charge in [0.15, 0.2) is 5.78 Å². The summed E-state index contributed by atoms with van der Waals surface area (Å²) in [5, 5.41) is 42.7. The molecule has 1 unspecified atom stereocenters. The van der Waals surface area contributed by atoms with Crippen LogP contribution in [-0.4, -0.2) is 58.5 Å². The summed E-state index contributed by atoms with van der Waals surface area (Å²) >= 11 is 9.16. The first-order valence-electron chi connectivity index (χ1n) is 19.9. The number of phenolic OH excluding ortho intramolecular Hbond substituents is 2. The van der Waals surface area contributed by atoms with Crippen LogP contribution in [0.2, 0.25) is 5.02 Å². The van der Waals surface area contributed by atoms with Gasteiger partial charge in [-0.1, -0.05) is 43.0 Å². The molecule has 316 valence electrons. The van der Waals surface area contributed by atoms with Gasteiger partial charge in [-0.3, -0.25) is 30.3 Å². The number of phenols is 2. The second-order valence-corrected chi connectivity index (χ2v) is 17.5. The monoisotopic (exact) mass is 893 g/mol. The molecule has 6 aromatic rings. The zero-order valence-corrected chi connectivity index (χ0v) is 37.5. The van der Waals surface area contributed by atoms with Gasteiger partial charge >= 0.3 is 0 Å². The number of nitrogens with one attached hydrogen (secondary N) is 3. The van der Waals surface area contributed by atoms with Crippen LogP contribution in [0.4, 0.5) is 5.00 Å². The predicted octanol–water partition coefficient (Wildman–Crippen LogP) is 11.2. The Kier molecular flexibility index (Phi) is 14.7. The van der Waals surface area contributed by atoms with Crippen molar-refractivity contribution in [3.8, 4) is 27.7 Å². The number of fused-ring (bicyclic) bond motifs is 2. The second kappa shape index (κ2) is 19.9. The van der Waals surface area contributed by atoms with Crippen LogP contribution in [0.3, 0.4) is 0 Å². The number of aliphatic imine (C=N–C) groups is 1. The van der Waals surface area contributed by atoms with Crippen LogP contribution in [-0.2, 0) is 4.79 Å². The van der Waals surface area contributed by atoms with Crippen molar-refractivity contribution < 1.29 is 24.5 Å². The minimum Gasteiger partial charge on any atom is -0.508 e. The van der Waals surface area contributed by atoms with Crippen molar-refractivity contribution in [3.05, 3.63) is 129 Å². The molecule has 2 aromatic heterocycles. The number of unbranched alkanes of at least 4 members (excludes halogenated alkanes) is 4. The lowest BCUT2D eigenvalue weighted by molar-refractivity contribution is -0.121. The summed E-state index contributed by atoms with van der Waals surface area (Å²) in [6, 6.07) is 25.6. The van der Waals surface area contributed by atoms with Crippen molar-refractivity contribution in [1.29, 1.82) is 10.8 Å². The van der Waals surface area contributed by atoms with E-state index in [4.69, 9.17) is 32.1 Å². The summed E-state index contributed by atoms with van der Waals surface area (Å²) in [5.41, 5.74) is 5.34. The first-order valence-corrected chi connectivity index (χ1v) is 21.9. The van der Waals surface area contributed by atoms with Crippen molar-refractivity contribution in [2.75, 3.05) is 18.1 Å². The van der Waals surface area contributed by atoms with E-state index in [2.05, 4.69) is 5.32 Å². The number of ketones is 1. The lowest BCUT2D eigenvalue weighted by atomic mass is 9.97.